The summed E-state index contributed by atoms with van der Waals surface area (Å²) in [6.07, 6.45) is 0. The highest BCUT2D eigenvalue weighted by molar-refractivity contribution is 7.80. The van der Waals surface area contributed by atoms with Crippen LogP contribution in [0.2, 0.25) is 6.55 Å². The predicted molar refractivity (Wildman–Crippen MR) is 74.4 cm³/mol. The Hall–Kier alpha value is 0.504. The van der Waals surface area contributed by atoms with E-state index >= 15 is 0 Å². The van der Waals surface area contributed by atoms with Crippen LogP contribution in [-0.4, -0.2) is 66.5 Å². The van der Waals surface area contributed by atoms with Crippen molar-refractivity contribution in [3.05, 3.63) is 0 Å². The first-order chi connectivity index (χ1) is 8.42. The monoisotopic (exact) mass is 320 g/mol. The van der Waals surface area contributed by atoms with Gasteiger partial charge in [0.05, 0.1) is 5.94 Å². The Morgan fingerprint density at radius 3 is 1.11 bits per heavy atom. The van der Waals surface area contributed by atoms with Crippen molar-refractivity contribution in [2.24, 2.45) is 0 Å². The summed E-state index contributed by atoms with van der Waals surface area (Å²) in [6, 6.07) is 0. The molecule has 0 unspecified atom stereocenters. The molecule has 0 aliphatic heterocycles. The van der Waals surface area contributed by atoms with E-state index in [1.807, 2.05) is 6.55 Å². The molecule has 0 atom stereocenters. The molecule has 0 fully saturated rings. The minimum absolute atomic E-state index is 0.338. The molecule has 7 nitrogen and oxygen atoms in total. The van der Waals surface area contributed by atoms with Crippen LogP contribution in [0.1, 0.15) is 0 Å². The summed E-state index contributed by atoms with van der Waals surface area (Å²) >= 11 is 3.87. The molecule has 0 aliphatic carbocycles. The highest BCUT2D eigenvalue weighted by atomic mass is 32.1. The molecule has 0 bridgehead atoms. The lowest BCUT2D eigenvalue weighted by molar-refractivity contribution is 0.0226. The average molecular weight is 321 g/mol. The molecule has 0 amide bonds. The number of hydrogen-bond donors (Lipinski definition) is 1. The summed E-state index contributed by atoms with van der Waals surface area (Å²) in [5.74, 6) is 0.338. The van der Waals surface area contributed by atoms with Gasteiger partial charge in [-0.1, -0.05) is 0 Å². The SMILES string of the molecule is CO[Si](C)(OC)OCS.CO[Si](OC)(OC)OC. The van der Waals surface area contributed by atoms with Crippen molar-refractivity contribution in [3.63, 3.8) is 0 Å². The summed E-state index contributed by atoms with van der Waals surface area (Å²) in [6.45, 7) is 1.81. The Morgan fingerprint density at radius 2 is 1.06 bits per heavy atom. The Balaban J connectivity index is 0. The quantitative estimate of drug-likeness (QED) is 0.402. The fourth-order valence-electron chi connectivity index (χ4n) is 0.818. The fraction of sp³-hybridized carbons (Fsp3) is 1.00. The van der Waals surface area contributed by atoms with Crippen LogP contribution in [-0.2, 0) is 31.0 Å². The van der Waals surface area contributed by atoms with Crippen molar-refractivity contribution >= 4 is 30.5 Å². The van der Waals surface area contributed by atoms with Crippen LogP contribution in [0.4, 0.5) is 0 Å². The Morgan fingerprint density at radius 1 is 0.722 bits per heavy atom. The van der Waals surface area contributed by atoms with Crippen molar-refractivity contribution in [1.29, 1.82) is 0 Å². The molecule has 0 aliphatic rings. The normalized spacial score (nSPS) is 12.0. The van der Waals surface area contributed by atoms with Crippen LogP contribution < -0.4 is 0 Å². The molecule has 0 heterocycles. The van der Waals surface area contributed by atoms with Gasteiger partial charge in [0.25, 0.3) is 0 Å². The summed E-state index contributed by atoms with van der Waals surface area (Å²) < 4.78 is 34.5. The third-order valence-electron chi connectivity index (χ3n) is 2.07. The molecule has 0 saturated heterocycles. The van der Waals surface area contributed by atoms with Gasteiger partial charge in [-0.25, -0.2) is 0 Å². The Bertz CT molecular complexity index is 173. The predicted octanol–water partition coefficient (Wildman–Crippen LogP) is 0.759. The molecular weight excluding hydrogens is 296 g/mol. The molecule has 0 spiro atoms. The van der Waals surface area contributed by atoms with Crippen molar-refractivity contribution in [2.45, 2.75) is 6.55 Å². The highest BCUT2D eigenvalue weighted by Crippen LogP contribution is 2.05. The third-order valence-corrected chi connectivity index (χ3v) is 6.59. The Labute approximate surface area is 117 Å². The topological polar surface area (TPSA) is 64.6 Å². The van der Waals surface area contributed by atoms with Gasteiger partial charge in [-0.05, 0) is 0 Å². The van der Waals surface area contributed by atoms with E-state index in [1.54, 1.807) is 14.2 Å². The number of thiol groups is 1. The van der Waals surface area contributed by atoms with Crippen LogP contribution in [0.5, 0.6) is 0 Å². The standard InChI is InChI=1S/C4H12O4Si.C4H12O3SSi/c1-5-9(6-2,7-3)8-4;1-5-9(3,6-2)7-4-8/h1-4H3;8H,4H2,1-3H3. The number of rotatable bonds is 8. The van der Waals surface area contributed by atoms with Gasteiger partial charge in [-0.2, -0.15) is 12.6 Å². The van der Waals surface area contributed by atoms with Gasteiger partial charge in [0.15, 0.2) is 0 Å². The average Bonchev–Trinajstić information content (AvgIpc) is 2.43. The van der Waals surface area contributed by atoms with Crippen LogP contribution in [0, 0.1) is 0 Å². The van der Waals surface area contributed by atoms with Crippen molar-refractivity contribution < 1.29 is 31.0 Å². The zero-order valence-corrected chi connectivity index (χ0v) is 14.9. The smallest absolute Gasteiger partial charge is 0.377 e. The molecule has 0 saturated carbocycles. The molecule has 0 aromatic heterocycles. The maximum Gasteiger partial charge on any atom is 0.678 e. The van der Waals surface area contributed by atoms with Crippen molar-refractivity contribution in [2.75, 3.05) is 48.6 Å². The molecule has 0 radical (unpaired) electrons. The van der Waals surface area contributed by atoms with E-state index in [-0.39, 0.29) is 0 Å². The van der Waals surface area contributed by atoms with Gasteiger partial charge < -0.3 is 31.0 Å². The van der Waals surface area contributed by atoms with Gasteiger partial charge in [0.2, 0.25) is 0 Å². The van der Waals surface area contributed by atoms with E-state index in [0.29, 0.717) is 5.94 Å². The van der Waals surface area contributed by atoms with E-state index in [9.17, 15) is 0 Å². The van der Waals surface area contributed by atoms with Crippen LogP contribution >= 0.6 is 12.6 Å². The zero-order valence-electron chi connectivity index (χ0n) is 12.0. The lowest BCUT2D eigenvalue weighted by Crippen LogP contribution is -2.45. The summed E-state index contributed by atoms with van der Waals surface area (Å²) in [4.78, 5) is 0. The van der Waals surface area contributed by atoms with Crippen LogP contribution in [0.3, 0.4) is 0 Å². The molecule has 18 heavy (non-hydrogen) atoms. The largest absolute Gasteiger partial charge is 0.678 e. The van der Waals surface area contributed by atoms with Gasteiger partial charge in [-0.15, -0.1) is 0 Å². The fourth-order valence-corrected chi connectivity index (χ4v) is 3.16. The second kappa shape index (κ2) is 11.3. The maximum absolute atomic E-state index is 5.09. The van der Waals surface area contributed by atoms with E-state index in [2.05, 4.69) is 12.6 Å². The van der Waals surface area contributed by atoms with Crippen LogP contribution in [0.15, 0.2) is 0 Å². The molecule has 10 heteroatoms. The van der Waals surface area contributed by atoms with Gasteiger partial charge in [-0.3, -0.25) is 0 Å². The molecular formula is C8H24O7SSi2. The van der Waals surface area contributed by atoms with E-state index in [0.717, 1.165) is 0 Å². The molecule has 112 valence electrons. The summed E-state index contributed by atoms with van der Waals surface area (Å²) in [7, 11) is 4.13. The van der Waals surface area contributed by atoms with E-state index in [4.69, 9.17) is 31.0 Å². The maximum atomic E-state index is 5.09. The molecule has 0 aromatic rings. The number of hydrogen-bond acceptors (Lipinski definition) is 8. The second-order valence-electron chi connectivity index (χ2n) is 2.86. The van der Waals surface area contributed by atoms with E-state index < -0.39 is 17.9 Å². The minimum Gasteiger partial charge on any atom is -0.377 e. The molecule has 0 aromatic carbocycles. The van der Waals surface area contributed by atoms with Gasteiger partial charge >= 0.3 is 17.9 Å². The second-order valence-corrected chi connectivity index (χ2v) is 8.58. The molecule has 0 N–H and O–H groups in total. The minimum atomic E-state index is -2.69. The Kier molecular flexibility index (Phi) is 13.1. The van der Waals surface area contributed by atoms with Crippen LogP contribution in [0.25, 0.3) is 0 Å². The lowest BCUT2D eigenvalue weighted by Gasteiger charge is -2.20. The first-order valence-electron chi connectivity index (χ1n) is 4.98. The van der Waals surface area contributed by atoms with Crippen molar-refractivity contribution in [1.82, 2.24) is 0 Å². The van der Waals surface area contributed by atoms with Gasteiger partial charge in [0, 0.05) is 49.2 Å². The summed E-state index contributed by atoms with van der Waals surface area (Å²) in [5.41, 5.74) is 0. The van der Waals surface area contributed by atoms with Gasteiger partial charge in [0.1, 0.15) is 0 Å². The highest BCUT2D eigenvalue weighted by Gasteiger charge is 2.40. The first kappa shape index (κ1) is 20.8. The third kappa shape index (κ3) is 7.83. The van der Waals surface area contributed by atoms with E-state index in [1.165, 1.54) is 28.4 Å². The zero-order chi connectivity index (χ0) is 14.7. The van der Waals surface area contributed by atoms with Crippen molar-refractivity contribution in [3.8, 4) is 0 Å². The lowest BCUT2D eigenvalue weighted by atomic mass is 11.7. The summed E-state index contributed by atoms with van der Waals surface area (Å²) in [5, 5.41) is 0. The first-order valence-corrected chi connectivity index (χ1v) is 9.47. The molecule has 0 rings (SSSR count).